The van der Waals surface area contributed by atoms with Gasteiger partial charge in [0.2, 0.25) is 0 Å². The molecule has 0 unspecified atom stereocenters. The standard InChI is InChI=1S/C16H16O2/c17-8-9-18-11-15-13-6-7-14(10-13)16(15)12-4-2-1-3-5-12/h1-8,13-14H,9-11H2/t13-,14+/m1/s1. The molecule has 0 fully saturated rings. The van der Waals surface area contributed by atoms with E-state index in [-0.39, 0.29) is 6.61 Å². The van der Waals surface area contributed by atoms with Gasteiger partial charge in [-0.25, -0.2) is 0 Å². The van der Waals surface area contributed by atoms with E-state index < -0.39 is 0 Å². The second-order valence-electron chi connectivity index (χ2n) is 4.82. The van der Waals surface area contributed by atoms with E-state index in [2.05, 4.69) is 36.4 Å². The van der Waals surface area contributed by atoms with Crippen molar-refractivity contribution in [3.8, 4) is 0 Å². The van der Waals surface area contributed by atoms with Gasteiger partial charge in [0.15, 0.2) is 0 Å². The van der Waals surface area contributed by atoms with Crippen LogP contribution in [0.15, 0.2) is 48.1 Å². The molecule has 2 nitrogen and oxygen atoms in total. The summed E-state index contributed by atoms with van der Waals surface area (Å²) >= 11 is 0. The largest absolute Gasteiger partial charge is 0.370 e. The summed E-state index contributed by atoms with van der Waals surface area (Å²) in [5.41, 5.74) is 4.06. The second kappa shape index (κ2) is 4.91. The minimum Gasteiger partial charge on any atom is -0.370 e. The molecular formula is C16H16O2. The fourth-order valence-corrected chi connectivity index (χ4v) is 3.03. The van der Waals surface area contributed by atoms with Gasteiger partial charge in [0.1, 0.15) is 12.9 Å². The van der Waals surface area contributed by atoms with Crippen molar-refractivity contribution in [3.05, 3.63) is 53.6 Å². The van der Waals surface area contributed by atoms with Crippen LogP contribution in [-0.4, -0.2) is 19.5 Å². The SMILES string of the molecule is O=CCOCC1=C(c2ccccc2)[C@H]2C=C[C@@H]1C2. The maximum absolute atomic E-state index is 10.3. The van der Waals surface area contributed by atoms with Crippen LogP contribution in [0.5, 0.6) is 0 Å². The molecule has 2 aliphatic rings. The molecule has 2 atom stereocenters. The average Bonchev–Trinajstić information content (AvgIpc) is 3.01. The first-order chi connectivity index (χ1) is 8.90. The summed E-state index contributed by atoms with van der Waals surface area (Å²) in [4.78, 5) is 10.3. The minimum atomic E-state index is 0.187. The van der Waals surface area contributed by atoms with Crippen molar-refractivity contribution in [2.24, 2.45) is 11.8 Å². The Labute approximate surface area is 107 Å². The Morgan fingerprint density at radius 3 is 2.72 bits per heavy atom. The van der Waals surface area contributed by atoms with E-state index in [9.17, 15) is 4.79 Å². The lowest BCUT2D eigenvalue weighted by Gasteiger charge is -2.16. The van der Waals surface area contributed by atoms with E-state index >= 15 is 0 Å². The second-order valence-corrected chi connectivity index (χ2v) is 4.82. The molecule has 0 radical (unpaired) electrons. The number of carbonyl (C=O) groups is 1. The van der Waals surface area contributed by atoms with Crippen LogP contribution in [0.2, 0.25) is 0 Å². The Morgan fingerprint density at radius 2 is 1.94 bits per heavy atom. The van der Waals surface area contributed by atoms with E-state index in [1.54, 1.807) is 0 Å². The number of ether oxygens (including phenoxy) is 1. The molecule has 0 amide bonds. The molecule has 3 rings (SSSR count). The van der Waals surface area contributed by atoms with Crippen LogP contribution >= 0.6 is 0 Å². The Kier molecular flexibility index (Phi) is 3.11. The quantitative estimate of drug-likeness (QED) is 0.449. The van der Waals surface area contributed by atoms with E-state index in [4.69, 9.17) is 4.74 Å². The highest BCUT2D eigenvalue weighted by Crippen LogP contribution is 2.48. The fourth-order valence-electron chi connectivity index (χ4n) is 3.03. The predicted octanol–water partition coefficient (Wildman–Crippen LogP) is 2.86. The summed E-state index contributed by atoms with van der Waals surface area (Å²) in [6.45, 7) is 0.765. The molecule has 0 aromatic heterocycles. The zero-order chi connectivity index (χ0) is 12.4. The van der Waals surface area contributed by atoms with E-state index in [0.29, 0.717) is 18.4 Å². The van der Waals surface area contributed by atoms with Crippen molar-refractivity contribution >= 4 is 11.9 Å². The monoisotopic (exact) mass is 240 g/mol. The molecule has 0 heterocycles. The van der Waals surface area contributed by atoms with Gasteiger partial charge in [-0.1, -0.05) is 42.5 Å². The Hall–Kier alpha value is -1.67. The first-order valence-corrected chi connectivity index (χ1v) is 6.38. The van der Waals surface area contributed by atoms with Gasteiger partial charge in [-0.15, -0.1) is 0 Å². The maximum atomic E-state index is 10.3. The van der Waals surface area contributed by atoms with Crippen molar-refractivity contribution in [3.63, 3.8) is 0 Å². The van der Waals surface area contributed by atoms with E-state index in [1.807, 2.05) is 6.07 Å². The third kappa shape index (κ3) is 1.93. The molecule has 1 aromatic rings. The average molecular weight is 240 g/mol. The molecule has 1 aromatic carbocycles. The summed E-state index contributed by atoms with van der Waals surface area (Å²) in [6.07, 6.45) is 6.56. The molecule has 0 N–H and O–H groups in total. The Bertz CT molecular complexity index is 499. The van der Waals surface area contributed by atoms with Gasteiger partial charge in [0, 0.05) is 11.8 Å². The van der Waals surface area contributed by atoms with Crippen LogP contribution < -0.4 is 0 Å². The van der Waals surface area contributed by atoms with Crippen LogP contribution in [0.25, 0.3) is 5.57 Å². The number of carbonyl (C=O) groups excluding carboxylic acids is 1. The molecule has 92 valence electrons. The van der Waals surface area contributed by atoms with Crippen molar-refractivity contribution in [1.82, 2.24) is 0 Å². The molecule has 2 heteroatoms. The van der Waals surface area contributed by atoms with Gasteiger partial charge >= 0.3 is 0 Å². The van der Waals surface area contributed by atoms with E-state index in [0.717, 1.165) is 6.29 Å². The smallest absolute Gasteiger partial charge is 0.145 e. The number of benzene rings is 1. The van der Waals surface area contributed by atoms with Crippen LogP contribution in [0.3, 0.4) is 0 Å². The molecule has 0 aliphatic heterocycles. The number of hydrogen-bond acceptors (Lipinski definition) is 2. The number of allylic oxidation sites excluding steroid dienone is 3. The third-order valence-corrected chi connectivity index (χ3v) is 3.78. The van der Waals surface area contributed by atoms with Crippen molar-refractivity contribution in [2.75, 3.05) is 13.2 Å². The lowest BCUT2D eigenvalue weighted by Crippen LogP contribution is -2.07. The van der Waals surface area contributed by atoms with Crippen LogP contribution in [0, 0.1) is 11.8 Å². The van der Waals surface area contributed by atoms with Crippen LogP contribution in [0.4, 0.5) is 0 Å². The highest BCUT2D eigenvalue weighted by molar-refractivity contribution is 5.76. The summed E-state index contributed by atoms with van der Waals surface area (Å²) < 4.78 is 5.41. The van der Waals surface area contributed by atoms with Crippen molar-refractivity contribution in [2.45, 2.75) is 6.42 Å². The predicted molar refractivity (Wildman–Crippen MR) is 71.0 cm³/mol. The maximum Gasteiger partial charge on any atom is 0.145 e. The first kappa shape index (κ1) is 11.4. The highest BCUT2D eigenvalue weighted by atomic mass is 16.5. The lowest BCUT2D eigenvalue weighted by atomic mass is 9.91. The molecule has 2 aliphatic carbocycles. The zero-order valence-electron chi connectivity index (χ0n) is 10.2. The topological polar surface area (TPSA) is 26.3 Å². The van der Waals surface area contributed by atoms with Gasteiger partial charge in [-0.3, -0.25) is 0 Å². The normalized spacial score (nSPS) is 24.9. The first-order valence-electron chi connectivity index (χ1n) is 6.38. The Balaban J connectivity index is 1.89. The summed E-state index contributed by atoms with van der Waals surface area (Å²) in [6, 6.07) is 10.5. The Morgan fingerprint density at radius 1 is 1.17 bits per heavy atom. The highest BCUT2D eigenvalue weighted by Gasteiger charge is 2.35. The van der Waals surface area contributed by atoms with Gasteiger partial charge < -0.3 is 9.53 Å². The van der Waals surface area contributed by atoms with Crippen molar-refractivity contribution in [1.29, 1.82) is 0 Å². The minimum absolute atomic E-state index is 0.187. The molecule has 0 saturated carbocycles. The molecular weight excluding hydrogens is 224 g/mol. The molecule has 18 heavy (non-hydrogen) atoms. The van der Waals surface area contributed by atoms with Crippen LogP contribution in [-0.2, 0) is 9.53 Å². The van der Waals surface area contributed by atoms with Crippen molar-refractivity contribution < 1.29 is 9.53 Å². The molecule has 2 bridgehead atoms. The van der Waals surface area contributed by atoms with Gasteiger partial charge in [0.25, 0.3) is 0 Å². The number of aldehydes is 1. The van der Waals surface area contributed by atoms with E-state index in [1.165, 1.54) is 23.1 Å². The van der Waals surface area contributed by atoms with Gasteiger partial charge in [-0.05, 0) is 23.1 Å². The van der Waals surface area contributed by atoms with Gasteiger partial charge in [0.05, 0.1) is 6.61 Å². The number of fused-ring (bicyclic) bond motifs is 2. The zero-order valence-corrected chi connectivity index (χ0v) is 10.2. The summed E-state index contributed by atoms with van der Waals surface area (Å²) in [5, 5.41) is 0. The summed E-state index contributed by atoms with van der Waals surface area (Å²) in [7, 11) is 0. The van der Waals surface area contributed by atoms with Gasteiger partial charge in [-0.2, -0.15) is 0 Å². The third-order valence-electron chi connectivity index (χ3n) is 3.78. The summed E-state index contributed by atoms with van der Waals surface area (Å²) in [5.74, 6) is 1.05. The lowest BCUT2D eigenvalue weighted by molar-refractivity contribution is -0.111. The fraction of sp³-hybridized carbons (Fsp3) is 0.312. The molecule has 0 spiro atoms. The number of rotatable bonds is 5. The molecule has 0 saturated heterocycles. The number of hydrogen-bond donors (Lipinski definition) is 0. The van der Waals surface area contributed by atoms with Crippen LogP contribution in [0.1, 0.15) is 12.0 Å².